The fourth-order valence-electron chi connectivity index (χ4n) is 8.27. The second-order valence-corrected chi connectivity index (χ2v) is 20.3. The summed E-state index contributed by atoms with van der Waals surface area (Å²) in [6.07, 6.45) is 2.75. The molecular formula is C46H54ClF4N3O11S2. The van der Waals surface area contributed by atoms with E-state index in [9.17, 15) is 41.8 Å². The third-order valence-corrected chi connectivity index (χ3v) is 15.7. The molecule has 0 aromatic heterocycles. The number of anilines is 1. The van der Waals surface area contributed by atoms with E-state index in [2.05, 4.69) is 10.1 Å². The predicted octanol–water partition coefficient (Wildman–Crippen LogP) is 8.32. The van der Waals surface area contributed by atoms with Gasteiger partial charge in [-0.3, -0.25) is 19.7 Å². The lowest BCUT2D eigenvalue weighted by Gasteiger charge is -2.39. The minimum Gasteiger partial charge on any atom is -0.496 e. The van der Waals surface area contributed by atoms with E-state index in [0.717, 1.165) is 11.1 Å². The Morgan fingerprint density at radius 1 is 1.06 bits per heavy atom. The van der Waals surface area contributed by atoms with E-state index in [-0.39, 0.29) is 66.0 Å². The van der Waals surface area contributed by atoms with Gasteiger partial charge in [-0.1, -0.05) is 58.7 Å². The number of esters is 1. The van der Waals surface area contributed by atoms with Gasteiger partial charge in [0.05, 0.1) is 32.4 Å². The minimum atomic E-state index is -1.91. The summed E-state index contributed by atoms with van der Waals surface area (Å²) in [6, 6.07) is 3.01. The van der Waals surface area contributed by atoms with Crippen molar-refractivity contribution in [3.63, 3.8) is 0 Å². The number of epoxide rings is 1. The number of carbonyl (C=O) groups excluding carboxylic acids is 4. The van der Waals surface area contributed by atoms with Gasteiger partial charge in [-0.25, -0.2) is 13.6 Å². The SMILES string of the molecule is CO/C1=C\C/C=C(\C)Cc2cc(OC)c(Cl)c(c2)N(C)C(=O)C[C@@H]2OC([C@H](C)N(C)C(=O)CCSSC(C)CCC(=O)Oc3c(F)c(F)cc(F)c3F)=C[C@]23O[C@H]3[C@H](C)[C@@H]2C[C@@]1(O)NC(=O)O2. The van der Waals surface area contributed by atoms with Gasteiger partial charge in [0.15, 0.2) is 17.2 Å². The molecule has 6 rings (SSSR count). The summed E-state index contributed by atoms with van der Waals surface area (Å²) >= 11 is 6.81. The highest BCUT2D eigenvalue weighted by molar-refractivity contribution is 8.76. The molecule has 67 heavy (non-hydrogen) atoms. The van der Waals surface area contributed by atoms with Crippen LogP contribution in [0.3, 0.4) is 0 Å². The number of rotatable bonds is 13. The van der Waals surface area contributed by atoms with Gasteiger partial charge in [-0.15, -0.1) is 0 Å². The van der Waals surface area contributed by atoms with E-state index in [1.807, 2.05) is 26.0 Å². The van der Waals surface area contributed by atoms with Gasteiger partial charge >= 0.3 is 12.1 Å². The molecule has 0 radical (unpaired) electrons. The van der Waals surface area contributed by atoms with Gasteiger partial charge in [-0.05, 0) is 63.0 Å². The summed E-state index contributed by atoms with van der Waals surface area (Å²) in [7, 11) is 8.86. The number of hydrogen-bond donors (Lipinski definition) is 2. The van der Waals surface area contributed by atoms with Crippen molar-refractivity contribution in [2.24, 2.45) is 5.92 Å². The van der Waals surface area contributed by atoms with Crippen LogP contribution in [0.4, 0.5) is 28.0 Å². The van der Waals surface area contributed by atoms with E-state index in [4.69, 9.17) is 35.3 Å². The van der Waals surface area contributed by atoms with Gasteiger partial charge < -0.3 is 43.3 Å². The van der Waals surface area contributed by atoms with Crippen LogP contribution in [0.25, 0.3) is 0 Å². The molecule has 0 saturated carbocycles. The average molecular weight is 1000 g/mol. The summed E-state index contributed by atoms with van der Waals surface area (Å²) in [5.41, 5.74) is -0.888. The first-order valence-electron chi connectivity index (χ1n) is 21.5. The first kappa shape index (κ1) is 51.8. The van der Waals surface area contributed by atoms with Crippen molar-refractivity contribution < 1.29 is 70.3 Å². The first-order chi connectivity index (χ1) is 31.6. The molecule has 2 saturated heterocycles. The zero-order valence-electron chi connectivity index (χ0n) is 38.2. The van der Waals surface area contributed by atoms with E-state index in [1.54, 1.807) is 46.2 Å². The monoisotopic (exact) mass is 999 g/mol. The number of ether oxygens (including phenoxy) is 6. The molecule has 4 aliphatic heterocycles. The number of likely N-dealkylation sites (N-methyl/N-ethyl adjacent to an activating group) is 1. The molecule has 3 amide bonds. The number of methoxy groups -OCH3 is 2. The van der Waals surface area contributed by atoms with Crippen LogP contribution in [-0.4, -0.2) is 109 Å². The Kier molecular flexibility index (Phi) is 16.5. The van der Waals surface area contributed by atoms with Crippen molar-refractivity contribution >= 4 is 62.8 Å². The van der Waals surface area contributed by atoms with Crippen molar-refractivity contribution in [1.82, 2.24) is 10.2 Å². The molecular weight excluding hydrogens is 946 g/mol. The minimum absolute atomic E-state index is 0.0179. The molecule has 2 N–H and O–H groups in total. The molecule has 2 aromatic carbocycles. The maximum Gasteiger partial charge on any atom is 0.410 e. The van der Waals surface area contributed by atoms with E-state index in [1.165, 1.54) is 45.6 Å². The number of allylic oxidation sites excluding steroid dienone is 3. The second kappa shape index (κ2) is 21.3. The molecule has 21 heteroatoms. The number of amides is 3. The largest absolute Gasteiger partial charge is 0.496 e. The number of aliphatic hydroxyl groups is 1. The molecule has 8 atom stereocenters. The van der Waals surface area contributed by atoms with E-state index in [0.29, 0.717) is 35.8 Å². The molecule has 14 nitrogen and oxygen atoms in total. The zero-order valence-corrected chi connectivity index (χ0v) is 40.6. The maximum atomic E-state index is 14.3. The van der Waals surface area contributed by atoms with Gasteiger partial charge in [0.25, 0.3) is 0 Å². The quantitative estimate of drug-likeness (QED) is 0.0288. The lowest BCUT2D eigenvalue weighted by molar-refractivity contribution is -0.135. The Bertz CT molecular complexity index is 2330. The predicted molar refractivity (Wildman–Crippen MR) is 243 cm³/mol. The summed E-state index contributed by atoms with van der Waals surface area (Å²) in [6.45, 7) is 7.33. The Morgan fingerprint density at radius 3 is 2.43 bits per heavy atom. The summed E-state index contributed by atoms with van der Waals surface area (Å²) < 4.78 is 89.5. The topological polar surface area (TPSA) is 166 Å². The molecule has 1 unspecified atom stereocenters. The van der Waals surface area contributed by atoms with Crippen LogP contribution in [0.15, 0.2) is 53.5 Å². The van der Waals surface area contributed by atoms with Crippen LogP contribution in [0, 0.1) is 29.2 Å². The van der Waals surface area contributed by atoms with Crippen LogP contribution in [-0.2, 0) is 39.8 Å². The van der Waals surface area contributed by atoms with Crippen LogP contribution < -0.4 is 19.7 Å². The normalized spacial score (nSPS) is 27.6. The van der Waals surface area contributed by atoms with Crippen molar-refractivity contribution in [1.29, 1.82) is 0 Å². The molecule has 2 fully saturated rings. The number of halogens is 5. The molecule has 1 spiro atoms. The highest BCUT2D eigenvalue weighted by atomic mass is 35.5. The van der Waals surface area contributed by atoms with E-state index >= 15 is 0 Å². The first-order valence-corrected chi connectivity index (χ1v) is 24.3. The zero-order chi connectivity index (χ0) is 49.1. The highest BCUT2D eigenvalue weighted by Gasteiger charge is 2.68. The maximum absolute atomic E-state index is 14.3. The fourth-order valence-corrected chi connectivity index (χ4v) is 10.9. The Labute approximate surface area is 399 Å². The number of alkyl carbamates (subject to hydrolysis) is 1. The number of nitrogens with one attached hydrogen (secondary N) is 1. The van der Waals surface area contributed by atoms with Gasteiger partial charge in [-0.2, -0.15) is 8.78 Å². The van der Waals surface area contributed by atoms with Gasteiger partial charge in [0.2, 0.25) is 34.9 Å². The van der Waals surface area contributed by atoms with Crippen molar-refractivity contribution in [3.05, 3.63) is 87.4 Å². The van der Waals surface area contributed by atoms with Crippen molar-refractivity contribution in [3.8, 4) is 11.5 Å². The fraction of sp³-hybridized carbons (Fsp3) is 0.522. The molecule has 0 aliphatic carbocycles. The van der Waals surface area contributed by atoms with E-state index < -0.39 is 82.7 Å². The molecule has 2 aromatic rings. The summed E-state index contributed by atoms with van der Waals surface area (Å²) in [5, 5.41) is 14.4. The van der Waals surface area contributed by atoms with Crippen molar-refractivity contribution in [2.45, 2.75) is 114 Å². The molecule has 366 valence electrons. The van der Waals surface area contributed by atoms with Crippen LogP contribution in [0.2, 0.25) is 5.02 Å². The third kappa shape index (κ3) is 11.5. The Morgan fingerprint density at radius 2 is 1.76 bits per heavy atom. The number of hydrogen-bond acceptors (Lipinski definition) is 13. The summed E-state index contributed by atoms with van der Waals surface area (Å²) in [5.74, 6) is -9.37. The lowest BCUT2D eigenvalue weighted by Crippen LogP contribution is -2.59. The van der Waals surface area contributed by atoms with Crippen LogP contribution in [0.5, 0.6) is 11.5 Å². The number of carbonyl (C=O) groups is 4. The van der Waals surface area contributed by atoms with Crippen molar-refractivity contribution in [2.75, 3.05) is 39.0 Å². The number of fused-ring (bicyclic) bond motifs is 4. The average Bonchev–Trinajstić information content (AvgIpc) is 3.90. The smallest absolute Gasteiger partial charge is 0.410 e. The molecule has 4 aliphatic rings. The van der Waals surface area contributed by atoms with Crippen LogP contribution in [0.1, 0.15) is 71.8 Å². The second-order valence-electron chi connectivity index (χ2n) is 17.0. The standard InChI is InChI=1S/C46H54ClF4N3O11S2/c1-23-10-9-11-34(61-8)46(59)22-32(63-44(58)52-46)25(3)43-45(65-43)21-33(62-35(45)20-37(56)54(6)30-17-27(16-23)18-31(60-7)39(30)47)26(4)53(5)36(55)14-15-66-67-24(2)12-13-38(57)64-42-40(50)28(48)19-29(49)41(42)51/h10-11,17-19,21,24-26,32,35,43,59H,9,12-16,20,22H2,1-8H3,(H,52,58)/b23-10+,34-11-/t24?,25-,26+,32+,35+,43+,45+,46+/m1/s1. The summed E-state index contributed by atoms with van der Waals surface area (Å²) in [4.78, 5) is 56.0. The number of nitrogens with zero attached hydrogens (tertiary/aromatic N) is 2. The number of benzene rings is 2. The van der Waals surface area contributed by atoms with Gasteiger partial charge in [0, 0.05) is 56.3 Å². The highest BCUT2D eigenvalue weighted by Crippen LogP contribution is 2.54. The Balaban J connectivity index is 1.15. The van der Waals surface area contributed by atoms with Gasteiger partial charge in [0.1, 0.15) is 40.6 Å². The molecule has 4 heterocycles. The third-order valence-electron chi connectivity index (χ3n) is 12.3. The molecule has 4 bridgehead atoms. The van der Waals surface area contributed by atoms with Crippen LogP contribution >= 0.6 is 33.2 Å². The Hall–Kier alpha value is -4.63. The lowest BCUT2D eigenvalue weighted by atomic mass is 9.84.